The molecule has 0 spiro atoms. The Labute approximate surface area is 201 Å². The topological polar surface area (TPSA) is 74.3 Å². The maximum Gasteiger partial charge on any atom is 0.416 e. The van der Waals surface area contributed by atoms with E-state index in [-0.39, 0.29) is 16.8 Å². The van der Waals surface area contributed by atoms with Gasteiger partial charge in [0.2, 0.25) is 0 Å². The van der Waals surface area contributed by atoms with Gasteiger partial charge in [0.05, 0.1) is 24.0 Å². The number of anilines is 2. The van der Waals surface area contributed by atoms with Gasteiger partial charge in [0.25, 0.3) is 11.8 Å². The highest BCUT2D eigenvalue weighted by Crippen LogP contribution is 2.29. The Hall–Kier alpha value is -4.16. The summed E-state index contributed by atoms with van der Waals surface area (Å²) in [6, 6.07) is 10.5. The van der Waals surface area contributed by atoms with Crippen LogP contribution in [0.15, 0.2) is 60.9 Å². The fourth-order valence-corrected chi connectivity index (χ4v) is 3.06. The van der Waals surface area contributed by atoms with Gasteiger partial charge in [-0.15, -0.1) is 0 Å². The van der Waals surface area contributed by atoms with E-state index in [1.165, 1.54) is 24.4 Å². The monoisotopic (exact) mass is 480 g/mol. The third-order valence-corrected chi connectivity index (χ3v) is 4.82. The summed E-state index contributed by atoms with van der Waals surface area (Å²) in [5, 5.41) is 5.30. The first kappa shape index (κ1) is 25.5. The fraction of sp³-hybridized carbons (Fsp3) is 0.192. The maximum atomic E-state index is 13.0. The lowest BCUT2D eigenvalue weighted by Crippen LogP contribution is -2.16. The van der Waals surface area contributed by atoms with E-state index in [4.69, 9.17) is 0 Å². The highest BCUT2D eigenvalue weighted by atomic mass is 19.4. The van der Waals surface area contributed by atoms with Crippen molar-refractivity contribution in [2.24, 2.45) is 0 Å². The smallest absolute Gasteiger partial charge is 0.322 e. The summed E-state index contributed by atoms with van der Waals surface area (Å²) in [5.74, 6) is 4.82. The van der Waals surface area contributed by atoms with E-state index in [0.29, 0.717) is 23.4 Å². The van der Waals surface area contributed by atoms with Gasteiger partial charge in [-0.3, -0.25) is 19.5 Å². The zero-order valence-corrected chi connectivity index (χ0v) is 19.3. The largest absolute Gasteiger partial charge is 0.416 e. The van der Waals surface area contributed by atoms with Crippen LogP contribution in [0.1, 0.15) is 37.4 Å². The normalized spacial score (nSPS) is 10.9. The van der Waals surface area contributed by atoms with E-state index in [9.17, 15) is 22.8 Å². The molecule has 6 nitrogen and oxygen atoms in total. The third-order valence-electron chi connectivity index (χ3n) is 4.82. The zero-order valence-electron chi connectivity index (χ0n) is 19.3. The van der Waals surface area contributed by atoms with Gasteiger partial charge in [0.15, 0.2) is 0 Å². The molecule has 1 heterocycles. The number of alkyl halides is 3. The number of rotatable bonds is 5. The van der Waals surface area contributed by atoms with Gasteiger partial charge < -0.3 is 10.6 Å². The molecule has 180 valence electrons. The van der Waals surface area contributed by atoms with Gasteiger partial charge in [-0.2, -0.15) is 13.2 Å². The average Bonchev–Trinajstić information content (AvgIpc) is 2.80. The molecule has 0 saturated heterocycles. The summed E-state index contributed by atoms with van der Waals surface area (Å²) < 4.78 is 38.9. The molecule has 0 radical (unpaired) electrons. The van der Waals surface area contributed by atoms with E-state index in [0.717, 1.165) is 12.1 Å². The molecule has 0 aliphatic rings. The number of carbonyl (C=O) groups excluding carboxylic acids is 2. The van der Waals surface area contributed by atoms with Crippen LogP contribution in [-0.4, -0.2) is 42.3 Å². The Morgan fingerprint density at radius 2 is 1.71 bits per heavy atom. The Morgan fingerprint density at radius 1 is 0.971 bits per heavy atom. The maximum absolute atomic E-state index is 13.0. The zero-order chi connectivity index (χ0) is 25.6. The minimum Gasteiger partial charge on any atom is -0.322 e. The molecule has 1 aromatic heterocycles. The second kappa shape index (κ2) is 10.8. The Bertz CT molecular complexity index is 1310. The second-order valence-electron chi connectivity index (χ2n) is 8.02. The van der Waals surface area contributed by atoms with Crippen molar-refractivity contribution in [3.05, 3.63) is 88.7 Å². The molecular weight excluding hydrogens is 457 g/mol. The first-order valence-corrected chi connectivity index (χ1v) is 10.5. The second-order valence-corrected chi connectivity index (χ2v) is 8.02. The van der Waals surface area contributed by atoms with Gasteiger partial charge in [-0.05, 0) is 63.0 Å². The molecule has 0 fully saturated rings. The number of hydrogen-bond acceptors (Lipinski definition) is 4. The molecule has 2 N–H and O–H groups in total. The van der Waals surface area contributed by atoms with E-state index in [1.807, 2.05) is 19.0 Å². The molecule has 2 aromatic carbocycles. The third kappa shape index (κ3) is 7.16. The highest BCUT2D eigenvalue weighted by Gasteiger charge is 2.30. The number of nitrogens with one attached hydrogen (secondary N) is 2. The molecule has 0 unspecified atom stereocenters. The lowest BCUT2D eigenvalue weighted by Gasteiger charge is -2.12. The predicted molar refractivity (Wildman–Crippen MR) is 128 cm³/mol. The minimum atomic E-state index is -4.56. The average molecular weight is 480 g/mol. The highest BCUT2D eigenvalue weighted by molar-refractivity contribution is 6.08. The van der Waals surface area contributed by atoms with Gasteiger partial charge in [-0.1, -0.05) is 24.0 Å². The molecule has 2 amide bonds. The number of benzene rings is 2. The van der Waals surface area contributed by atoms with E-state index < -0.39 is 23.6 Å². The number of aromatic nitrogens is 1. The number of amides is 2. The van der Waals surface area contributed by atoms with E-state index >= 15 is 0 Å². The molecular formula is C26H23F3N4O2. The Morgan fingerprint density at radius 3 is 2.43 bits per heavy atom. The summed E-state index contributed by atoms with van der Waals surface area (Å²) in [6.45, 7) is 2.31. The van der Waals surface area contributed by atoms with E-state index in [2.05, 4.69) is 27.5 Å². The van der Waals surface area contributed by atoms with Crippen LogP contribution in [0.3, 0.4) is 0 Å². The van der Waals surface area contributed by atoms with Crippen molar-refractivity contribution in [2.45, 2.75) is 13.1 Å². The number of nitrogens with zero attached hydrogens (tertiary/aromatic N) is 2. The summed E-state index contributed by atoms with van der Waals surface area (Å²) in [5.41, 5.74) is 1.23. The van der Waals surface area contributed by atoms with Crippen LogP contribution in [0, 0.1) is 18.8 Å². The van der Waals surface area contributed by atoms with Crippen LogP contribution in [0.5, 0.6) is 0 Å². The molecule has 0 aliphatic carbocycles. The van der Waals surface area contributed by atoms with Crippen molar-refractivity contribution in [1.29, 1.82) is 0 Å². The molecule has 0 bridgehead atoms. The molecule has 35 heavy (non-hydrogen) atoms. The Kier molecular flexibility index (Phi) is 7.89. The quantitative estimate of drug-likeness (QED) is 0.514. The summed E-state index contributed by atoms with van der Waals surface area (Å²) in [4.78, 5) is 31.4. The number of aryl methyl sites for hydroxylation is 1. The lowest BCUT2D eigenvalue weighted by molar-refractivity contribution is -0.137. The molecule has 0 aliphatic heterocycles. The first-order valence-electron chi connectivity index (χ1n) is 10.5. The number of halogens is 3. The van der Waals surface area contributed by atoms with Crippen molar-refractivity contribution in [3.63, 3.8) is 0 Å². The van der Waals surface area contributed by atoms with Gasteiger partial charge in [0, 0.05) is 28.6 Å². The number of hydrogen-bond donors (Lipinski definition) is 2. The van der Waals surface area contributed by atoms with Crippen molar-refractivity contribution in [2.75, 3.05) is 31.3 Å². The van der Waals surface area contributed by atoms with Crippen LogP contribution in [0.4, 0.5) is 24.5 Å². The first-order chi connectivity index (χ1) is 16.5. The Balaban J connectivity index is 1.75. The van der Waals surface area contributed by atoms with Crippen LogP contribution >= 0.6 is 0 Å². The fourth-order valence-electron chi connectivity index (χ4n) is 3.06. The van der Waals surface area contributed by atoms with Crippen LogP contribution in [0.25, 0.3) is 0 Å². The number of pyridine rings is 1. The van der Waals surface area contributed by atoms with Gasteiger partial charge in [0.1, 0.15) is 0 Å². The van der Waals surface area contributed by atoms with Crippen LogP contribution in [0.2, 0.25) is 0 Å². The van der Waals surface area contributed by atoms with E-state index in [1.54, 1.807) is 31.3 Å². The summed E-state index contributed by atoms with van der Waals surface area (Å²) in [7, 11) is 3.81. The molecule has 3 aromatic rings. The lowest BCUT2D eigenvalue weighted by atomic mass is 10.1. The molecule has 0 atom stereocenters. The summed E-state index contributed by atoms with van der Waals surface area (Å²) in [6.07, 6.45) is -1.48. The summed E-state index contributed by atoms with van der Waals surface area (Å²) >= 11 is 0. The predicted octanol–water partition coefficient (Wildman–Crippen LogP) is 4.83. The minimum absolute atomic E-state index is 0.148. The van der Waals surface area contributed by atoms with Crippen molar-refractivity contribution in [1.82, 2.24) is 9.88 Å². The standard InChI is InChI=1S/C26H23F3N4O2/c1-17-9-10-21(31-24(34)19-7-4-8-20(13-19)26(27,28)29)14-23(17)25(35)32-22-12-18(15-30-16-22)6-5-11-33(2)3/h4,7-10,12-16H,11H2,1-3H3,(H,31,34)(H,32,35). The number of carbonyl (C=O) groups is 2. The van der Waals surface area contributed by atoms with Crippen LogP contribution in [-0.2, 0) is 6.18 Å². The SMILES string of the molecule is Cc1ccc(NC(=O)c2cccc(C(F)(F)F)c2)cc1C(=O)Nc1cncc(C#CCN(C)C)c1. The van der Waals surface area contributed by atoms with Crippen LogP contribution < -0.4 is 10.6 Å². The van der Waals surface area contributed by atoms with Gasteiger partial charge in [-0.25, -0.2) is 0 Å². The van der Waals surface area contributed by atoms with Gasteiger partial charge >= 0.3 is 6.18 Å². The van der Waals surface area contributed by atoms with Crippen molar-refractivity contribution in [3.8, 4) is 11.8 Å². The molecule has 9 heteroatoms. The van der Waals surface area contributed by atoms with Crippen molar-refractivity contribution >= 4 is 23.2 Å². The van der Waals surface area contributed by atoms with Crippen molar-refractivity contribution < 1.29 is 22.8 Å². The molecule has 3 rings (SSSR count). The molecule has 0 saturated carbocycles.